The van der Waals surface area contributed by atoms with Crippen LogP contribution >= 0.6 is 0 Å². The molecule has 1 aliphatic rings. The summed E-state index contributed by atoms with van der Waals surface area (Å²) < 4.78 is 5.50. The summed E-state index contributed by atoms with van der Waals surface area (Å²) in [4.78, 5) is 14.9. The number of carbonyl (C=O) groups is 1. The Kier molecular flexibility index (Phi) is 6.88. The minimum absolute atomic E-state index is 0.0463. The van der Waals surface area contributed by atoms with E-state index in [1.165, 1.54) is 31.5 Å². The smallest absolute Gasteiger partial charge is 0.251 e. The molecule has 4 nitrogen and oxygen atoms in total. The van der Waals surface area contributed by atoms with Crippen LogP contribution in [0.25, 0.3) is 0 Å². The van der Waals surface area contributed by atoms with Gasteiger partial charge in [-0.25, -0.2) is 0 Å². The Labute approximate surface area is 162 Å². The Bertz CT molecular complexity index is 742. The van der Waals surface area contributed by atoms with Crippen LogP contribution in [0.5, 0.6) is 5.75 Å². The van der Waals surface area contributed by atoms with E-state index >= 15 is 0 Å². The molecule has 2 aromatic carbocycles. The predicted molar refractivity (Wildman–Crippen MR) is 109 cm³/mol. The Morgan fingerprint density at radius 3 is 2.74 bits per heavy atom. The third-order valence-electron chi connectivity index (χ3n) is 5.03. The molecule has 3 rings (SSSR count). The van der Waals surface area contributed by atoms with Gasteiger partial charge in [-0.2, -0.15) is 0 Å². The molecule has 144 valence electrons. The van der Waals surface area contributed by atoms with Crippen molar-refractivity contribution in [2.75, 3.05) is 19.7 Å². The quantitative estimate of drug-likeness (QED) is 0.797. The van der Waals surface area contributed by atoms with Crippen LogP contribution in [0, 0.1) is 5.92 Å². The fourth-order valence-electron chi connectivity index (χ4n) is 3.65. The van der Waals surface area contributed by atoms with Crippen molar-refractivity contribution >= 4 is 5.91 Å². The van der Waals surface area contributed by atoms with Gasteiger partial charge in [0.05, 0.1) is 6.61 Å². The molecule has 2 aromatic rings. The first kappa shape index (κ1) is 19.4. The van der Waals surface area contributed by atoms with Crippen LogP contribution in [0.15, 0.2) is 48.5 Å². The lowest BCUT2D eigenvalue weighted by atomic mass is 9.99. The molecule has 0 bridgehead atoms. The first-order valence-electron chi connectivity index (χ1n) is 9.95. The standard InChI is InChI=1S/C23H30N2O2/c1-3-27-22-8-4-7-20(14-22)15-24-23(26)21-11-9-19(10-12-21)17-25-13-5-6-18(2)16-25/h4,7-12,14,18H,3,5-6,13,15-17H2,1-2H3,(H,24,26). The zero-order valence-corrected chi connectivity index (χ0v) is 16.4. The highest BCUT2D eigenvalue weighted by Gasteiger charge is 2.16. The first-order chi connectivity index (χ1) is 13.1. The van der Waals surface area contributed by atoms with E-state index in [1.54, 1.807) is 0 Å². The molecule has 1 heterocycles. The van der Waals surface area contributed by atoms with Crippen molar-refractivity contribution in [3.05, 3.63) is 65.2 Å². The molecule has 1 fully saturated rings. The second-order valence-electron chi connectivity index (χ2n) is 7.44. The maximum Gasteiger partial charge on any atom is 0.251 e. The summed E-state index contributed by atoms with van der Waals surface area (Å²) >= 11 is 0. The summed E-state index contributed by atoms with van der Waals surface area (Å²) in [5, 5.41) is 2.99. The van der Waals surface area contributed by atoms with E-state index in [0.717, 1.165) is 23.8 Å². The summed E-state index contributed by atoms with van der Waals surface area (Å²) in [6.45, 7) is 8.73. The van der Waals surface area contributed by atoms with Crippen LogP contribution in [0.3, 0.4) is 0 Å². The highest BCUT2D eigenvalue weighted by Crippen LogP contribution is 2.18. The molecule has 0 saturated carbocycles. The molecule has 1 aliphatic heterocycles. The van der Waals surface area contributed by atoms with Gasteiger partial charge in [0.2, 0.25) is 0 Å². The van der Waals surface area contributed by atoms with Crippen molar-refractivity contribution in [3.63, 3.8) is 0 Å². The van der Waals surface area contributed by atoms with Crippen molar-refractivity contribution in [3.8, 4) is 5.75 Å². The number of carbonyl (C=O) groups excluding carboxylic acids is 1. The number of nitrogens with one attached hydrogen (secondary N) is 1. The molecule has 0 spiro atoms. The van der Waals surface area contributed by atoms with Crippen LogP contribution in [-0.2, 0) is 13.1 Å². The first-order valence-corrected chi connectivity index (χ1v) is 9.95. The summed E-state index contributed by atoms with van der Waals surface area (Å²) in [6.07, 6.45) is 2.62. The Morgan fingerprint density at radius 2 is 2.00 bits per heavy atom. The number of benzene rings is 2. The molecule has 4 heteroatoms. The third kappa shape index (κ3) is 5.83. The molecule has 27 heavy (non-hydrogen) atoms. The number of ether oxygens (including phenoxy) is 1. The number of nitrogens with zero attached hydrogens (tertiary/aromatic N) is 1. The van der Waals surface area contributed by atoms with E-state index in [4.69, 9.17) is 4.74 Å². The number of piperidine rings is 1. The van der Waals surface area contributed by atoms with Crippen LogP contribution < -0.4 is 10.1 Å². The minimum Gasteiger partial charge on any atom is -0.494 e. The van der Waals surface area contributed by atoms with Gasteiger partial charge in [0.15, 0.2) is 0 Å². The summed E-state index contributed by atoms with van der Waals surface area (Å²) in [5.74, 6) is 1.57. The highest BCUT2D eigenvalue weighted by atomic mass is 16.5. The van der Waals surface area contributed by atoms with Gasteiger partial charge in [0.1, 0.15) is 5.75 Å². The molecule has 1 N–H and O–H groups in total. The minimum atomic E-state index is -0.0463. The van der Waals surface area contributed by atoms with Crippen LogP contribution in [0.2, 0.25) is 0 Å². The highest BCUT2D eigenvalue weighted by molar-refractivity contribution is 5.94. The van der Waals surface area contributed by atoms with Gasteiger partial charge in [-0.05, 0) is 67.6 Å². The SMILES string of the molecule is CCOc1cccc(CNC(=O)c2ccc(CN3CCCC(C)C3)cc2)c1. The number of likely N-dealkylation sites (tertiary alicyclic amines) is 1. The number of hydrogen-bond donors (Lipinski definition) is 1. The lowest BCUT2D eigenvalue weighted by molar-refractivity contribution is 0.0951. The van der Waals surface area contributed by atoms with Crippen molar-refractivity contribution in [1.82, 2.24) is 10.2 Å². The Morgan fingerprint density at radius 1 is 1.19 bits per heavy atom. The Hall–Kier alpha value is -2.33. The molecule has 1 saturated heterocycles. The van der Waals surface area contributed by atoms with E-state index in [0.29, 0.717) is 18.7 Å². The monoisotopic (exact) mass is 366 g/mol. The largest absolute Gasteiger partial charge is 0.494 e. The fourth-order valence-corrected chi connectivity index (χ4v) is 3.65. The van der Waals surface area contributed by atoms with E-state index in [1.807, 2.05) is 43.3 Å². The summed E-state index contributed by atoms with van der Waals surface area (Å²) in [6, 6.07) is 15.8. The lowest BCUT2D eigenvalue weighted by Crippen LogP contribution is -2.33. The van der Waals surface area contributed by atoms with E-state index in [-0.39, 0.29) is 5.91 Å². The van der Waals surface area contributed by atoms with Crippen molar-refractivity contribution in [2.45, 2.75) is 39.8 Å². The van der Waals surface area contributed by atoms with Gasteiger partial charge in [0.25, 0.3) is 5.91 Å². The van der Waals surface area contributed by atoms with E-state index in [2.05, 4.69) is 29.3 Å². The topological polar surface area (TPSA) is 41.6 Å². The van der Waals surface area contributed by atoms with Gasteiger partial charge in [-0.3, -0.25) is 9.69 Å². The molecule has 1 unspecified atom stereocenters. The fraction of sp³-hybridized carbons (Fsp3) is 0.435. The summed E-state index contributed by atoms with van der Waals surface area (Å²) in [5.41, 5.74) is 3.00. The van der Waals surface area contributed by atoms with Crippen LogP contribution in [-0.4, -0.2) is 30.5 Å². The molecule has 1 atom stereocenters. The second-order valence-corrected chi connectivity index (χ2v) is 7.44. The van der Waals surface area contributed by atoms with Crippen molar-refractivity contribution in [1.29, 1.82) is 0 Å². The maximum atomic E-state index is 12.4. The van der Waals surface area contributed by atoms with Gasteiger partial charge in [-0.1, -0.05) is 31.2 Å². The number of rotatable bonds is 7. The average molecular weight is 367 g/mol. The normalized spacial score (nSPS) is 17.5. The third-order valence-corrected chi connectivity index (χ3v) is 5.03. The average Bonchev–Trinajstić information content (AvgIpc) is 2.67. The zero-order valence-electron chi connectivity index (χ0n) is 16.4. The van der Waals surface area contributed by atoms with Crippen LogP contribution in [0.1, 0.15) is 48.2 Å². The maximum absolute atomic E-state index is 12.4. The molecular weight excluding hydrogens is 336 g/mol. The number of amides is 1. The second kappa shape index (κ2) is 9.56. The van der Waals surface area contributed by atoms with Crippen molar-refractivity contribution in [2.24, 2.45) is 5.92 Å². The van der Waals surface area contributed by atoms with E-state index < -0.39 is 0 Å². The van der Waals surface area contributed by atoms with E-state index in [9.17, 15) is 4.79 Å². The van der Waals surface area contributed by atoms with Gasteiger partial charge in [0, 0.05) is 25.2 Å². The zero-order chi connectivity index (χ0) is 19.1. The van der Waals surface area contributed by atoms with Gasteiger partial charge in [-0.15, -0.1) is 0 Å². The van der Waals surface area contributed by atoms with Crippen LogP contribution in [0.4, 0.5) is 0 Å². The predicted octanol–water partition coefficient (Wildman–Crippen LogP) is 4.25. The molecular formula is C23H30N2O2. The number of hydrogen-bond acceptors (Lipinski definition) is 3. The Balaban J connectivity index is 1.52. The lowest BCUT2D eigenvalue weighted by Gasteiger charge is -2.30. The molecule has 0 aromatic heterocycles. The molecule has 0 aliphatic carbocycles. The molecule has 0 radical (unpaired) electrons. The molecule has 1 amide bonds. The van der Waals surface area contributed by atoms with Gasteiger partial charge < -0.3 is 10.1 Å². The summed E-state index contributed by atoms with van der Waals surface area (Å²) in [7, 11) is 0. The van der Waals surface area contributed by atoms with Gasteiger partial charge >= 0.3 is 0 Å². The van der Waals surface area contributed by atoms with Crippen molar-refractivity contribution < 1.29 is 9.53 Å².